The molecule has 0 radical (unpaired) electrons. The number of hydrogen-bond donors (Lipinski definition) is 2. The average molecular weight is 276 g/mol. The van der Waals surface area contributed by atoms with Crippen LogP contribution in [-0.4, -0.2) is 5.91 Å². The van der Waals surface area contributed by atoms with Gasteiger partial charge in [-0.05, 0) is 24.6 Å². The lowest BCUT2D eigenvalue weighted by Crippen LogP contribution is -2.24. The van der Waals surface area contributed by atoms with Gasteiger partial charge < -0.3 is 11.1 Å². The van der Waals surface area contributed by atoms with Crippen molar-refractivity contribution in [3.05, 3.63) is 64.7 Å². The maximum absolute atomic E-state index is 13.7. The van der Waals surface area contributed by atoms with Crippen LogP contribution in [0, 0.1) is 18.6 Å². The Morgan fingerprint density at radius 1 is 1.20 bits per heavy atom. The molecule has 2 aromatic carbocycles. The van der Waals surface area contributed by atoms with Crippen LogP contribution in [0.1, 0.15) is 21.5 Å². The summed E-state index contributed by atoms with van der Waals surface area (Å²) in [6, 6.07) is 9.19. The van der Waals surface area contributed by atoms with Gasteiger partial charge in [0.2, 0.25) is 0 Å². The summed E-state index contributed by atoms with van der Waals surface area (Å²) < 4.78 is 26.8. The maximum atomic E-state index is 13.7. The van der Waals surface area contributed by atoms with Crippen LogP contribution < -0.4 is 11.1 Å². The number of carbonyl (C=O) groups excluding carboxylic acids is 1. The standard InChI is InChI=1S/C15H14F2N2O/c1-9-2-4-10(5-3-9)8-19-15(20)12-6-11(16)7-13(18)14(12)17/h2-7H,8,18H2,1H3,(H,19,20). The minimum absolute atomic E-state index is 0.231. The van der Waals surface area contributed by atoms with E-state index in [2.05, 4.69) is 5.32 Å². The number of nitrogen functional groups attached to an aromatic ring is 1. The third-order valence-electron chi connectivity index (χ3n) is 2.88. The topological polar surface area (TPSA) is 55.1 Å². The lowest BCUT2D eigenvalue weighted by molar-refractivity contribution is 0.0946. The van der Waals surface area contributed by atoms with Gasteiger partial charge in [-0.2, -0.15) is 0 Å². The van der Waals surface area contributed by atoms with Crippen molar-refractivity contribution in [2.24, 2.45) is 0 Å². The first-order valence-corrected chi connectivity index (χ1v) is 6.05. The van der Waals surface area contributed by atoms with E-state index in [9.17, 15) is 13.6 Å². The minimum Gasteiger partial charge on any atom is -0.396 e. The summed E-state index contributed by atoms with van der Waals surface area (Å²) in [6.07, 6.45) is 0. The van der Waals surface area contributed by atoms with Crippen molar-refractivity contribution in [3.8, 4) is 0 Å². The summed E-state index contributed by atoms with van der Waals surface area (Å²) in [5.74, 6) is -2.36. The second-order valence-corrected chi connectivity index (χ2v) is 4.52. The predicted molar refractivity (Wildman–Crippen MR) is 73.1 cm³/mol. The number of aryl methyl sites for hydroxylation is 1. The van der Waals surface area contributed by atoms with Crippen LogP contribution in [0.3, 0.4) is 0 Å². The zero-order valence-corrected chi connectivity index (χ0v) is 10.9. The average Bonchev–Trinajstić information content (AvgIpc) is 2.42. The fourth-order valence-electron chi connectivity index (χ4n) is 1.76. The highest BCUT2D eigenvalue weighted by Gasteiger charge is 2.15. The van der Waals surface area contributed by atoms with Crippen LogP contribution >= 0.6 is 0 Å². The van der Waals surface area contributed by atoms with E-state index in [1.54, 1.807) is 0 Å². The van der Waals surface area contributed by atoms with Gasteiger partial charge in [0.1, 0.15) is 5.82 Å². The van der Waals surface area contributed by atoms with E-state index in [1.165, 1.54) is 0 Å². The molecule has 0 spiro atoms. The molecular formula is C15H14F2N2O. The van der Waals surface area contributed by atoms with Gasteiger partial charge in [-0.1, -0.05) is 29.8 Å². The molecule has 3 N–H and O–H groups in total. The van der Waals surface area contributed by atoms with Gasteiger partial charge >= 0.3 is 0 Å². The predicted octanol–water partition coefficient (Wildman–Crippen LogP) is 2.79. The Morgan fingerprint density at radius 2 is 1.85 bits per heavy atom. The number of halogens is 2. The Labute approximate surface area is 115 Å². The third kappa shape index (κ3) is 3.12. The number of rotatable bonds is 3. The highest BCUT2D eigenvalue weighted by atomic mass is 19.1. The first-order valence-electron chi connectivity index (χ1n) is 6.05. The van der Waals surface area contributed by atoms with E-state index < -0.39 is 23.1 Å². The van der Waals surface area contributed by atoms with Gasteiger partial charge in [-0.15, -0.1) is 0 Å². The first-order chi connectivity index (χ1) is 9.47. The van der Waals surface area contributed by atoms with E-state index in [1.807, 2.05) is 31.2 Å². The molecule has 0 saturated carbocycles. The maximum Gasteiger partial charge on any atom is 0.254 e. The molecule has 0 heterocycles. The van der Waals surface area contributed by atoms with Gasteiger partial charge in [-0.25, -0.2) is 8.78 Å². The Kier molecular flexibility index (Phi) is 3.98. The van der Waals surface area contributed by atoms with Crippen LogP contribution in [0.4, 0.5) is 14.5 Å². The Bertz CT molecular complexity index is 639. The summed E-state index contributed by atoms with van der Waals surface area (Å²) >= 11 is 0. The van der Waals surface area contributed by atoms with Gasteiger partial charge in [0, 0.05) is 6.54 Å². The fraction of sp³-hybridized carbons (Fsp3) is 0.133. The lowest BCUT2D eigenvalue weighted by Gasteiger charge is -2.08. The van der Waals surface area contributed by atoms with E-state index in [-0.39, 0.29) is 12.2 Å². The van der Waals surface area contributed by atoms with Gasteiger partial charge in [-0.3, -0.25) is 4.79 Å². The van der Waals surface area contributed by atoms with Crippen LogP contribution in [0.2, 0.25) is 0 Å². The lowest BCUT2D eigenvalue weighted by atomic mass is 10.1. The molecule has 3 nitrogen and oxygen atoms in total. The molecule has 0 bridgehead atoms. The monoisotopic (exact) mass is 276 g/mol. The number of benzene rings is 2. The van der Waals surface area contributed by atoms with Crippen molar-refractivity contribution < 1.29 is 13.6 Å². The smallest absolute Gasteiger partial charge is 0.254 e. The molecule has 20 heavy (non-hydrogen) atoms. The largest absolute Gasteiger partial charge is 0.396 e. The SMILES string of the molecule is Cc1ccc(CNC(=O)c2cc(F)cc(N)c2F)cc1. The van der Waals surface area contributed by atoms with Crippen LogP contribution in [-0.2, 0) is 6.54 Å². The molecular weight excluding hydrogens is 262 g/mol. The molecule has 0 atom stereocenters. The number of carbonyl (C=O) groups is 1. The molecule has 0 aromatic heterocycles. The zero-order valence-electron chi connectivity index (χ0n) is 10.9. The second kappa shape index (κ2) is 5.69. The molecule has 0 aliphatic carbocycles. The molecule has 0 saturated heterocycles. The van der Waals surface area contributed by atoms with E-state index in [4.69, 9.17) is 5.73 Å². The molecule has 0 aliphatic heterocycles. The number of hydrogen-bond acceptors (Lipinski definition) is 2. The van der Waals surface area contributed by atoms with Crippen molar-refractivity contribution in [2.45, 2.75) is 13.5 Å². The molecule has 0 aliphatic rings. The van der Waals surface area contributed by atoms with E-state index >= 15 is 0 Å². The van der Waals surface area contributed by atoms with Crippen molar-refractivity contribution in [2.75, 3.05) is 5.73 Å². The van der Waals surface area contributed by atoms with Crippen LogP contribution in [0.15, 0.2) is 36.4 Å². The Hall–Kier alpha value is -2.43. The summed E-state index contributed by atoms with van der Waals surface area (Å²) in [5.41, 5.74) is 6.48. The number of nitrogens with two attached hydrogens (primary N) is 1. The van der Waals surface area contributed by atoms with Gasteiger partial charge in [0.05, 0.1) is 11.3 Å². The first kappa shape index (κ1) is 14.0. The van der Waals surface area contributed by atoms with Crippen molar-refractivity contribution in [1.82, 2.24) is 5.32 Å². The summed E-state index contributed by atoms with van der Waals surface area (Å²) in [6.45, 7) is 2.18. The minimum atomic E-state index is -0.909. The summed E-state index contributed by atoms with van der Waals surface area (Å²) in [5, 5.41) is 2.53. The number of amides is 1. The molecule has 0 unspecified atom stereocenters. The Morgan fingerprint density at radius 3 is 2.50 bits per heavy atom. The molecule has 104 valence electrons. The quantitative estimate of drug-likeness (QED) is 0.847. The molecule has 2 aromatic rings. The molecule has 0 fully saturated rings. The zero-order chi connectivity index (χ0) is 14.7. The highest BCUT2D eigenvalue weighted by molar-refractivity contribution is 5.95. The van der Waals surface area contributed by atoms with Crippen molar-refractivity contribution in [1.29, 1.82) is 0 Å². The summed E-state index contributed by atoms with van der Waals surface area (Å²) in [7, 11) is 0. The molecule has 1 amide bonds. The van der Waals surface area contributed by atoms with Crippen molar-refractivity contribution >= 4 is 11.6 Å². The van der Waals surface area contributed by atoms with E-state index in [0.29, 0.717) is 0 Å². The summed E-state index contributed by atoms with van der Waals surface area (Å²) in [4.78, 5) is 11.8. The number of anilines is 1. The number of nitrogens with one attached hydrogen (secondary N) is 1. The van der Waals surface area contributed by atoms with Gasteiger partial charge in [0.15, 0.2) is 5.82 Å². The second-order valence-electron chi connectivity index (χ2n) is 4.52. The van der Waals surface area contributed by atoms with Crippen molar-refractivity contribution in [3.63, 3.8) is 0 Å². The highest BCUT2D eigenvalue weighted by Crippen LogP contribution is 2.17. The third-order valence-corrected chi connectivity index (χ3v) is 2.88. The normalized spacial score (nSPS) is 10.3. The Balaban J connectivity index is 2.11. The fourth-order valence-corrected chi connectivity index (χ4v) is 1.76. The van der Waals surface area contributed by atoms with E-state index in [0.717, 1.165) is 23.3 Å². The van der Waals surface area contributed by atoms with Crippen LogP contribution in [0.5, 0.6) is 0 Å². The molecule has 5 heteroatoms. The molecule has 2 rings (SSSR count). The van der Waals surface area contributed by atoms with Crippen LogP contribution in [0.25, 0.3) is 0 Å². The van der Waals surface area contributed by atoms with Gasteiger partial charge in [0.25, 0.3) is 5.91 Å².